The van der Waals surface area contributed by atoms with Crippen LogP contribution in [0.1, 0.15) is 40.5 Å². The number of hydrogen-bond acceptors (Lipinski definition) is 3. The zero-order chi connectivity index (χ0) is 11.5. The molecule has 0 radical (unpaired) electrons. The van der Waals surface area contributed by atoms with Gasteiger partial charge >= 0.3 is 0 Å². The second-order valence-electron chi connectivity index (χ2n) is 5.60. The molecule has 0 spiro atoms. The van der Waals surface area contributed by atoms with E-state index in [1.54, 1.807) is 0 Å². The topological polar surface area (TPSA) is 35.5 Å². The number of piperidine rings is 1. The number of nitrogens with zero attached hydrogens (tertiary/aromatic N) is 1. The molecule has 1 fully saturated rings. The van der Waals surface area contributed by atoms with Crippen LogP contribution < -0.4 is 5.32 Å². The number of aliphatic hydroxyl groups is 1. The van der Waals surface area contributed by atoms with Crippen LogP contribution in [0.3, 0.4) is 0 Å². The molecule has 1 heterocycles. The Bertz CT molecular complexity index is 179. The van der Waals surface area contributed by atoms with Gasteiger partial charge in [-0.1, -0.05) is 0 Å². The second-order valence-corrected chi connectivity index (χ2v) is 5.60. The van der Waals surface area contributed by atoms with Crippen LogP contribution in [0.15, 0.2) is 0 Å². The molecule has 0 saturated carbocycles. The Morgan fingerprint density at radius 1 is 1.33 bits per heavy atom. The predicted octanol–water partition coefficient (Wildman–Crippen LogP) is 1.22. The Kier molecular flexibility index (Phi) is 4.56. The van der Waals surface area contributed by atoms with Gasteiger partial charge in [0.2, 0.25) is 0 Å². The molecular formula is C12H26N2O. The van der Waals surface area contributed by atoms with E-state index in [4.69, 9.17) is 0 Å². The summed E-state index contributed by atoms with van der Waals surface area (Å²) in [5, 5.41) is 13.1. The molecule has 0 bridgehead atoms. The quantitative estimate of drug-likeness (QED) is 0.738. The molecule has 3 heteroatoms. The molecule has 2 N–H and O–H groups in total. The number of hydrogen-bond donors (Lipinski definition) is 2. The first kappa shape index (κ1) is 12.9. The third-order valence-corrected chi connectivity index (χ3v) is 3.08. The van der Waals surface area contributed by atoms with Gasteiger partial charge in [-0.05, 0) is 53.6 Å². The lowest BCUT2D eigenvalue weighted by molar-refractivity contribution is 0.0701. The van der Waals surface area contributed by atoms with Crippen LogP contribution in [-0.4, -0.2) is 47.3 Å². The highest BCUT2D eigenvalue weighted by atomic mass is 16.3. The molecular weight excluding hydrogens is 188 g/mol. The van der Waals surface area contributed by atoms with Gasteiger partial charge in [-0.3, -0.25) is 0 Å². The van der Waals surface area contributed by atoms with Crippen molar-refractivity contribution >= 4 is 0 Å². The first-order valence-electron chi connectivity index (χ1n) is 6.08. The standard InChI is InChI=1S/C12H26N2O/c1-10(2)14-7-5-11(6-8-14)13-9-12(3,4)15/h10-11,13,15H,5-9H2,1-4H3. The summed E-state index contributed by atoms with van der Waals surface area (Å²) in [4.78, 5) is 2.52. The fourth-order valence-corrected chi connectivity index (χ4v) is 2.01. The molecule has 1 aliphatic heterocycles. The first-order chi connectivity index (χ1) is 6.88. The monoisotopic (exact) mass is 214 g/mol. The summed E-state index contributed by atoms with van der Waals surface area (Å²) >= 11 is 0. The van der Waals surface area contributed by atoms with Crippen LogP contribution in [0.4, 0.5) is 0 Å². The van der Waals surface area contributed by atoms with Crippen molar-refractivity contribution < 1.29 is 5.11 Å². The number of likely N-dealkylation sites (tertiary alicyclic amines) is 1. The van der Waals surface area contributed by atoms with Gasteiger partial charge in [0, 0.05) is 18.6 Å². The Hall–Kier alpha value is -0.120. The molecule has 3 nitrogen and oxygen atoms in total. The van der Waals surface area contributed by atoms with E-state index in [0.29, 0.717) is 18.6 Å². The van der Waals surface area contributed by atoms with E-state index < -0.39 is 5.60 Å². The highest BCUT2D eigenvalue weighted by Gasteiger charge is 2.22. The van der Waals surface area contributed by atoms with Crippen LogP contribution in [-0.2, 0) is 0 Å². The molecule has 90 valence electrons. The average molecular weight is 214 g/mol. The van der Waals surface area contributed by atoms with E-state index in [-0.39, 0.29) is 0 Å². The Balaban J connectivity index is 2.20. The van der Waals surface area contributed by atoms with E-state index in [1.165, 1.54) is 25.9 Å². The fraction of sp³-hybridized carbons (Fsp3) is 1.00. The molecule has 1 saturated heterocycles. The largest absolute Gasteiger partial charge is 0.389 e. The van der Waals surface area contributed by atoms with E-state index >= 15 is 0 Å². The number of rotatable bonds is 4. The third kappa shape index (κ3) is 4.96. The summed E-state index contributed by atoms with van der Waals surface area (Å²) in [6.07, 6.45) is 2.41. The minimum Gasteiger partial charge on any atom is -0.389 e. The van der Waals surface area contributed by atoms with Gasteiger partial charge in [0.25, 0.3) is 0 Å². The maximum Gasteiger partial charge on any atom is 0.0715 e. The van der Waals surface area contributed by atoms with Crippen LogP contribution in [0, 0.1) is 0 Å². The van der Waals surface area contributed by atoms with Gasteiger partial charge in [-0.2, -0.15) is 0 Å². The minimum absolute atomic E-state index is 0.588. The van der Waals surface area contributed by atoms with E-state index in [1.807, 2.05) is 13.8 Å². The molecule has 15 heavy (non-hydrogen) atoms. The summed E-state index contributed by atoms with van der Waals surface area (Å²) in [6.45, 7) is 11.3. The van der Waals surface area contributed by atoms with E-state index in [0.717, 1.165) is 0 Å². The lowest BCUT2D eigenvalue weighted by Gasteiger charge is -2.35. The van der Waals surface area contributed by atoms with Crippen molar-refractivity contribution in [2.75, 3.05) is 19.6 Å². The van der Waals surface area contributed by atoms with Crippen LogP contribution in [0.25, 0.3) is 0 Å². The molecule has 0 amide bonds. The third-order valence-electron chi connectivity index (χ3n) is 3.08. The Morgan fingerprint density at radius 2 is 1.87 bits per heavy atom. The maximum absolute atomic E-state index is 9.62. The van der Waals surface area contributed by atoms with Crippen molar-refractivity contribution in [1.29, 1.82) is 0 Å². The Labute approximate surface area is 93.9 Å². The zero-order valence-corrected chi connectivity index (χ0v) is 10.6. The molecule has 0 atom stereocenters. The maximum atomic E-state index is 9.62. The minimum atomic E-state index is -0.588. The van der Waals surface area contributed by atoms with Crippen molar-refractivity contribution in [3.8, 4) is 0 Å². The van der Waals surface area contributed by atoms with Crippen LogP contribution in [0.2, 0.25) is 0 Å². The van der Waals surface area contributed by atoms with Crippen molar-refractivity contribution in [2.24, 2.45) is 0 Å². The van der Waals surface area contributed by atoms with Crippen molar-refractivity contribution in [2.45, 2.75) is 58.2 Å². The molecule has 1 rings (SSSR count). The summed E-state index contributed by atoms with van der Waals surface area (Å²) in [7, 11) is 0. The van der Waals surface area contributed by atoms with Gasteiger partial charge in [-0.15, -0.1) is 0 Å². The van der Waals surface area contributed by atoms with E-state index in [2.05, 4.69) is 24.1 Å². The number of nitrogens with one attached hydrogen (secondary N) is 1. The molecule has 0 aliphatic carbocycles. The first-order valence-corrected chi connectivity index (χ1v) is 6.08. The van der Waals surface area contributed by atoms with E-state index in [9.17, 15) is 5.11 Å². The van der Waals surface area contributed by atoms with Crippen LogP contribution >= 0.6 is 0 Å². The van der Waals surface area contributed by atoms with Crippen molar-refractivity contribution in [3.05, 3.63) is 0 Å². The SMILES string of the molecule is CC(C)N1CCC(NCC(C)(C)O)CC1. The summed E-state index contributed by atoms with van der Waals surface area (Å²) in [6, 6.07) is 1.26. The van der Waals surface area contributed by atoms with Gasteiger partial charge < -0.3 is 15.3 Å². The zero-order valence-electron chi connectivity index (χ0n) is 10.6. The normalized spacial score (nSPS) is 21.2. The summed E-state index contributed by atoms with van der Waals surface area (Å²) < 4.78 is 0. The molecule has 0 unspecified atom stereocenters. The van der Waals surface area contributed by atoms with Gasteiger partial charge in [0.15, 0.2) is 0 Å². The Morgan fingerprint density at radius 3 is 2.27 bits per heavy atom. The predicted molar refractivity (Wildman–Crippen MR) is 64.0 cm³/mol. The van der Waals surface area contributed by atoms with Gasteiger partial charge in [0.05, 0.1) is 5.60 Å². The summed E-state index contributed by atoms with van der Waals surface area (Å²) in [5.74, 6) is 0. The van der Waals surface area contributed by atoms with Gasteiger partial charge in [-0.25, -0.2) is 0 Å². The molecule has 1 aliphatic rings. The lowest BCUT2D eigenvalue weighted by atomic mass is 10.0. The van der Waals surface area contributed by atoms with Gasteiger partial charge in [0.1, 0.15) is 0 Å². The van der Waals surface area contributed by atoms with Crippen molar-refractivity contribution in [3.63, 3.8) is 0 Å². The summed E-state index contributed by atoms with van der Waals surface area (Å²) in [5.41, 5.74) is -0.588. The van der Waals surface area contributed by atoms with Crippen molar-refractivity contribution in [1.82, 2.24) is 10.2 Å². The smallest absolute Gasteiger partial charge is 0.0715 e. The molecule has 0 aromatic carbocycles. The average Bonchev–Trinajstić information content (AvgIpc) is 2.14. The highest BCUT2D eigenvalue weighted by Crippen LogP contribution is 2.13. The lowest BCUT2D eigenvalue weighted by Crippen LogP contribution is -2.48. The molecule has 0 aromatic heterocycles. The fourth-order valence-electron chi connectivity index (χ4n) is 2.01. The molecule has 0 aromatic rings. The second kappa shape index (κ2) is 5.28. The van der Waals surface area contributed by atoms with Crippen LogP contribution in [0.5, 0.6) is 0 Å². The highest BCUT2D eigenvalue weighted by molar-refractivity contribution is 4.81.